The molecule has 0 amide bonds. The van der Waals surface area contributed by atoms with E-state index in [4.69, 9.17) is 9.26 Å². The second-order valence-corrected chi connectivity index (χ2v) is 5.23. The van der Waals surface area contributed by atoms with E-state index in [-0.39, 0.29) is 38.6 Å². The van der Waals surface area contributed by atoms with E-state index in [1.807, 2.05) is 0 Å². The van der Waals surface area contributed by atoms with Crippen LogP contribution in [0.25, 0.3) is 0 Å². The third-order valence-electron chi connectivity index (χ3n) is 3.77. The number of piperidine rings is 1. The van der Waals surface area contributed by atoms with Gasteiger partial charge in [0, 0.05) is 20.2 Å². The molecule has 1 aliphatic heterocycles. The van der Waals surface area contributed by atoms with Crippen molar-refractivity contribution in [3.63, 3.8) is 0 Å². The van der Waals surface area contributed by atoms with Crippen LogP contribution >= 0.6 is 0 Å². The summed E-state index contributed by atoms with van der Waals surface area (Å²) in [5.74, 6) is 0.725. The van der Waals surface area contributed by atoms with Crippen LogP contribution in [0.15, 0.2) is 4.52 Å². The Morgan fingerprint density at radius 2 is 2.05 bits per heavy atom. The molecule has 2 rings (SSSR count). The highest BCUT2D eigenvalue weighted by atomic mass is 19.4. The van der Waals surface area contributed by atoms with E-state index in [9.17, 15) is 18.3 Å². The van der Waals surface area contributed by atoms with E-state index >= 15 is 0 Å². The van der Waals surface area contributed by atoms with E-state index in [0.717, 1.165) is 0 Å². The van der Waals surface area contributed by atoms with Crippen LogP contribution in [0.3, 0.4) is 0 Å². The van der Waals surface area contributed by atoms with Gasteiger partial charge in [0.15, 0.2) is 11.4 Å². The zero-order valence-corrected chi connectivity index (χ0v) is 11.9. The zero-order valence-electron chi connectivity index (χ0n) is 11.9. The first kappa shape index (κ1) is 16.2. The molecule has 0 aromatic carbocycles. The molecule has 1 aromatic heterocycles. The fraction of sp³-hybridized carbons (Fsp3) is 0.833. The standard InChI is InChI=1S/C12H18F3N3O3/c1-8(20-2)10-16-9(21-17-10)7-18-5-3-11(19,4-6-18)12(13,14)15/h8,19H,3-7H2,1-2H3. The summed E-state index contributed by atoms with van der Waals surface area (Å²) in [6, 6.07) is 0. The number of nitrogens with zero attached hydrogens (tertiary/aromatic N) is 3. The van der Waals surface area contributed by atoms with E-state index in [1.54, 1.807) is 11.8 Å². The van der Waals surface area contributed by atoms with E-state index in [0.29, 0.717) is 11.7 Å². The summed E-state index contributed by atoms with van der Waals surface area (Å²) in [4.78, 5) is 5.88. The van der Waals surface area contributed by atoms with Crippen molar-refractivity contribution >= 4 is 0 Å². The first-order valence-corrected chi connectivity index (χ1v) is 6.62. The lowest BCUT2D eigenvalue weighted by molar-refractivity contribution is -0.273. The SMILES string of the molecule is COC(C)c1noc(CN2CCC(O)(C(F)(F)F)CC2)n1. The summed E-state index contributed by atoms with van der Waals surface area (Å²) in [6.45, 7) is 2.26. The number of halogens is 3. The van der Waals surface area contributed by atoms with Crippen LogP contribution in [0.5, 0.6) is 0 Å². The largest absolute Gasteiger partial charge is 0.417 e. The van der Waals surface area contributed by atoms with Crippen molar-refractivity contribution in [1.82, 2.24) is 15.0 Å². The Kier molecular flexibility index (Phi) is 4.54. The number of hydrogen-bond acceptors (Lipinski definition) is 6. The minimum atomic E-state index is -4.59. The summed E-state index contributed by atoms with van der Waals surface area (Å²) in [7, 11) is 1.52. The highest BCUT2D eigenvalue weighted by Gasteiger charge is 2.54. The summed E-state index contributed by atoms with van der Waals surface area (Å²) in [5, 5.41) is 13.3. The number of ether oxygens (including phenoxy) is 1. The Morgan fingerprint density at radius 1 is 1.43 bits per heavy atom. The molecule has 1 aromatic rings. The molecule has 0 saturated carbocycles. The van der Waals surface area contributed by atoms with E-state index < -0.39 is 11.8 Å². The number of alkyl halides is 3. The van der Waals surface area contributed by atoms with Gasteiger partial charge in [-0.25, -0.2) is 0 Å². The molecule has 21 heavy (non-hydrogen) atoms. The van der Waals surface area contributed by atoms with E-state index in [1.165, 1.54) is 7.11 Å². The monoisotopic (exact) mass is 309 g/mol. The fourth-order valence-electron chi connectivity index (χ4n) is 2.16. The van der Waals surface area contributed by atoms with Gasteiger partial charge in [0.05, 0.1) is 6.54 Å². The predicted molar refractivity (Wildman–Crippen MR) is 65.2 cm³/mol. The number of hydrogen-bond donors (Lipinski definition) is 1. The van der Waals surface area contributed by atoms with Crippen molar-refractivity contribution < 1.29 is 27.5 Å². The van der Waals surface area contributed by atoms with Crippen LogP contribution in [-0.4, -0.2) is 52.1 Å². The van der Waals surface area contributed by atoms with Gasteiger partial charge in [0.25, 0.3) is 0 Å². The summed E-state index contributed by atoms with van der Waals surface area (Å²) >= 11 is 0. The first-order chi connectivity index (χ1) is 9.75. The second-order valence-electron chi connectivity index (χ2n) is 5.23. The van der Waals surface area contributed by atoms with Crippen LogP contribution in [0.1, 0.15) is 37.6 Å². The number of rotatable bonds is 4. The second kappa shape index (κ2) is 5.90. The number of aromatic nitrogens is 2. The molecule has 9 heteroatoms. The van der Waals surface area contributed by atoms with Crippen molar-refractivity contribution in [1.29, 1.82) is 0 Å². The van der Waals surface area contributed by atoms with Gasteiger partial charge in [-0.2, -0.15) is 18.2 Å². The van der Waals surface area contributed by atoms with E-state index in [2.05, 4.69) is 10.1 Å². The van der Waals surface area contributed by atoms with Gasteiger partial charge < -0.3 is 14.4 Å². The van der Waals surface area contributed by atoms with Gasteiger partial charge in [-0.3, -0.25) is 4.90 Å². The maximum Gasteiger partial charge on any atom is 0.417 e. The molecule has 0 bridgehead atoms. The Hall–Kier alpha value is -1.19. The molecule has 0 radical (unpaired) electrons. The molecule has 6 nitrogen and oxygen atoms in total. The molecule has 1 unspecified atom stereocenters. The molecule has 2 heterocycles. The van der Waals surface area contributed by atoms with Crippen LogP contribution in [-0.2, 0) is 11.3 Å². The predicted octanol–water partition coefficient (Wildman–Crippen LogP) is 1.67. The van der Waals surface area contributed by atoms with Gasteiger partial charge in [-0.1, -0.05) is 5.16 Å². The molecule has 120 valence electrons. The molecule has 0 spiro atoms. The quantitative estimate of drug-likeness (QED) is 0.912. The normalized spacial score (nSPS) is 21.4. The molecule has 1 atom stereocenters. The highest BCUT2D eigenvalue weighted by Crippen LogP contribution is 2.38. The minimum Gasteiger partial charge on any atom is -0.380 e. The van der Waals surface area contributed by atoms with Crippen molar-refractivity contribution in [3.8, 4) is 0 Å². The van der Waals surface area contributed by atoms with Gasteiger partial charge in [0.2, 0.25) is 5.89 Å². The van der Waals surface area contributed by atoms with Crippen LogP contribution in [0, 0.1) is 0 Å². The average molecular weight is 309 g/mol. The molecular weight excluding hydrogens is 291 g/mol. The fourth-order valence-corrected chi connectivity index (χ4v) is 2.16. The van der Waals surface area contributed by atoms with Crippen LogP contribution < -0.4 is 0 Å². The summed E-state index contributed by atoms with van der Waals surface area (Å²) in [5.41, 5.74) is -2.59. The van der Waals surface area contributed by atoms with Crippen LogP contribution in [0.2, 0.25) is 0 Å². The van der Waals surface area contributed by atoms with Crippen molar-refractivity contribution in [3.05, 3.63) is 11.7 Å². The number of aliphatic hydroxyl groups is 1. The molecule has 1 fully saturated rings. The molecule has 1 saturated heterocycles. The topological polar surface area (TPSA) is 71.6 Å². The number of likely N-dealkylation sites (tertiary alicyclic amines) is 1. The van der Waals surface area contributed by atoms with Gasteiger partial charge in [-0.05, 0) is 19.8 Å². The summed E-state index contributed by atoms with van der Waals surface area (Å²) < 4.78 is 48.2. The Morgan fingerprint density at radius 3 is 2.57 bits per heavy atom. The zero-order chi connectivity index (χ0) is 15.7. The molecular formula is C12H18F3N3O3. The average Bonchev–Trinajstić information content (AvgIpc) is 2.88. The Balaban J connectivity index is 1.91. The highest BCUT2D eigenvalue weighted by molar-refractivity contribution is 4.94. The molecule has 1 aliphatic rings. The van der Waals surface area contributed by atoms with Gasteiger partial charge in [-0.15, -0.1) is 0 Å². The maximum absolute atomic E-state index is 12.7. The lowest BCUT2D eigenvalue weighted by Crippen LogP contribution is -2.53. The molecule has 1 N–H and O–H groups in total. The third-order valence-corrected chi connectivity index (χ3v) is 3.77. The lowest BCUT2D eigenvalue weighted by Gasteiger charge is -2.38. The first-order valence-electron chi connectivity index (χ1n) is 6.62. The van der Waals surface area contributed by atoms with Crippen molar-refractivity contribution in [2.24, 2.45) is 0 Å². The molecule has 0 aliphatic carbocycles. The maximum atomic E-state index is 12.7. The Bertz CT molecular complexity index is 470. The third kappa shape index (κ3) is 3.53. The number of methoxy groups -OCH3 is 1. The van der Waals surface area contributed by atoms with Crippen molar-refractivity contribution in [2.45, 2.75) is 44.2 Å². The lowest BCUT2D eigenvalue weighted by atomic mass is 9.91. The van der Waals surface area contributed by atoms with Crippen molar-refractivity contribution in [2.75, 3.05) is 20.2 Å². The van der Waals surface area contributed by atoms with Gasteiger partial charge >= 0.3 is 6.18 Å². The van der Waals surface area contributed by atoms with Crippen LogP contribution in [0.4, 0.5) is 13.2 Å². The Labute approximate surface area is 119 Å². The smallest absolute Gasteiger partial charge is 0.380 e. The summed E-state index contributed by atoms with van der Waals surface area (Å²) in [6.07, 6.45) is -5.61. The van der Waals surface area contributed by atoms with Gasteiger partial charge in [0.1, 0.15) is 6.10 Å². The minimum absolute atomic E-state index is 0.119.